The van der Waals surface area contributed by atoms with Gasteiger partial charge < -0.3 is 0 Å². The summed E-state index contributed by atoms with van der Waals surface area (Å²) in [5.41, 5.74) is 1.60. The molecule has 0 saturated heterocycles. The van der Waals surface area contributed by atoms with Crippen molar-refractivity contribution >= 4 is 28.4 Å². The Morgan fingerprint density at radius 3 is 2.57 bits per heavy atom. The molecule has 0 aliphatic heterocycles. The summed E-state index contributed by atoms with van der Waals surface area (Å²) in [5.74, 6) is 0. The van der Waals surface area contributed by atoms with Crippen LogP contribution in [0.4, 0.5) is 11.4 Å². The van der Waals surface area contributed by atoms with Gasteiger partial charge in [-0.3, -0.25) is 15.1 Å². The van der Waals surface area contributed by atoms with Crippen LogP contribution in [-0.2, 0) is 0 Å². The first-order valence-electron chi connectivity index (χ1n) is 6.50. The summed E-state index contributed by atoms with van der Waals surface area (Å²) in [7, 11) is 0. The van der Waals surface area contributed by atoms with E-state index in [1.54, 1.807) is 18.3 Å². The second-order valence-electron chi connectivity index (χ2n) is 4.60. The molecule has 0 atom stereocenters. The van der Waals surface area contributed by atoms with E-state index < -0.39 is 4.92 Å². The maximum atomic E-state index is 10.8. The molecule has 0 radical (unpaired) electrons. The second kappa shape index (κ2) is 5.54. The molecule has 0 bridgehead atoms. The van der Waals surface area contributed by atoms with Gasteiger partial charge in [-0.25, -0.2) is 0 Å². The summed E-state index contributed by atoms with van der Waals surface area (Å²) in [4.78, 5) is 14.7. The fourth-order valence-electron chi connectivity index (χ4n) is 2.19. The standard InChI is InChI=1S/C17H12N2O2/c20-19(21)16-9-4-8-15(11-16)18-12-14-7-3-6-13-5-1-2-10-17(13)14/h1-12H. The van der Waals surface area contributed by atoms with Gasteiger partial charge in [0.15, 0.2) is 0 Å². The number of nitro benzene ring substituents is 1. The van der Waals surface area contributed by atoms with E-state index in [1.807, 2.05) is 42.5 Å². The number of hydrogen-bond acceptors (Lipinski definition) is 3. The number of non-ortho nitro benzene ring substituents is 1. The van der Waals surface area contributed by atoms with Crippen LogP contribution in [0.25, 0.3) is 10.8 Å². The van der Waals surface area contributed by atoms with Crippen molar-refractivity contribution in [2.24, 2.45) is 4.99 Å². The number of nitro groups is 1. The van der Waals surface area contributed by atoms with Crippen molar-refractivity contribution in [1.29, 1.82) is 0 Å². The molecule has 0 amide bonds. The van der Waals surface area contributed by atoms with E-state index in [1.165, 1.54) is 12.1 Å². The van der Waals surface area contributed by atoms with E-state index >= 15 is 0 Å². The first-order valence-corrected chi connectivity index (χ1v) is 6.50. The third kappa shape index (κ3) is 2.79. The summed E-state index contributed by atoms with van der Waals surface area (Å²) in [6, 6.07) is 20.3. The molecule has 3 aromatic carbocycles. The maximum absolute atomic E-state index is 10.8. The van der Waals surface area contributed by atoms with E-state index in [4.69, 9.17) is 0 Å². The first kappa shape index (κ1) is 13.0. The third-order valence-electron chi connectivity index (χ3n) is 3.22. The highest BCUT2D eigenvalue weighted by Crippen LogP contribution is 2.21. The van der Waals surface area contributed by atoms with Gasteiger partial charge in [0.25, 0.3) is 5.69 Å². The lowest BCUT2D eigenvalue weighted by atomic mass is 10.1. The number of fused-ring (bicyclic) bond motifs is 1. The number of rotatable bonds is 3. The summed E-state index contributed by atoms with van der Waals surface area (Å²) in [5, 5.41) is 13.0. The molecule has 3 aromatic rings. The van der Waals surface area contributed by atoms with Crippen molar-refractivity contribution in [3.8, 4) is 0 Å². The van der Waals surface area contributed by atoms with E-state index in [2.05, 4.69) is 4.99 Å². The molecule has 4 nitrogen and oxygen atoms in total. The lowest BCUT2D eigenvalue weighted by molar-refractivity contribution is -0.384. The zero-order valence-electron chi connectivity index (χ0n) is 11.1. The molecule has 0 saturated carbocycles. The van der Waals surface area contributed by atoms with Crippen LogP contribution in [0, 0.1) is 10.1 Å². The molecule has 3 rings (SSSR count). The zero-order chi connectivity index (χ0) is 14.7. The van der Waals surface area contributed by atoms with E-state index in [0.29, 0.717) is 5.69 Å². The summed E-state index contributed by atoms with van der Waals surface area (Å²) >= 11 is 0. The van der Waals surface area contributed by atoms with Crippen molar-refractivity contribution < 1.29 is 4.92 Å². The van der Waals surface area contributed by atoms with Gasteiger partial charge in [-0.15, -0.1) is 0 Å². The summed E-state index contributed by atoms with van der Waals surface area (Å²) in [6.45, 7) is 0. The average Bonchev–Trinajstić information content (AvgIpc) is 2.53. The normalized spacial score (nSPS) is 11.0. The summed E-state index contributed by atoms with van der Waals surface area (Å²) in [6.07, 6.45) is 1.74. The molecular formula is C17H12N2O2. The Balaban J connectivity index is 1.98. The van der Waals surface area contributed by atoms with Crippen LogP contribution in [0.1, 0.15) is 5.56 Å². The van der Waals surface area contributed by atoms with E-state index in [9.17, 15) is 10.1 Å². The predicted molar refractivity (Wildman–Crippen MR) is 84.3 cm³/mol. The smallest absolute Gasteiger partial charge is 0.258 e. The molecule has 0 unspecified atom stereocenters. The Hall–Kier alpha value is -3.01. The second-order valence-corrected chi connectivity index (χ2v) is 4.60. The fourth-order valence-corrected chi connectivity index (χ4v) is 2.19. The van der Waals surface area contributed by atoms with Gasteiger partial charge >= 0.3 is 0 Å². The molecule has 0 aliphatic rings. The van der Waals surface area contributed by atoms with Crippen LogP contribution in [-0.4, -0.2) is 11.1 Å². The minimum absolute atomic E-state index is 0.0440. The largest absolute Gasteiger partial charge is 0.271 e. The Morgan fingerprint density at radius 1 is 0.952 bits per heavy atom. The number of benzene rings is 3. The van der Waals surface area contributed by atoms with Gasteiger partial charge in [-0.05, 0) is 16.8 Å². The topological polar surface area (TPSA) is 55.5 Å². The predicted octanol–water partition coefficient (Wildman–Crippen LogP) is 4.50. The third-order valence-corrected chi connectivity index (χ3v) is 3.22. The van der Waals surface area contributed by atoms with Crippen LogP contribution in [0.3, 0.4) is 0 Å². The van der Waals surface area contributed by atoms with Crippen molar-refractivity contribution in [1.82, 2.24) is 0 Å². The monoisotopic (exact) mass is 276 g/mol. The Bertz CT molecular complexity index is 836. The molecular weight excluding hydrogens is 264 g/mol. The van der Waals surface area contributed by atoms with Crippen molar-refractivity contribution in [3.05, 3.63) is 82.4 Å². The van der Waals surface area contributed by atoms with Crippen LogP contribution in [0.2, 0.25) is 0 Å². The van der Waals surface area contributed by atoms with Gasteiger partial charge in [0.05, 0.1) is 10.6 Å². The number of hydrogen-bond donors (Lipinski definition) is 0. The Kier molecular flexibility index (Phi) is 3.43. The van der Waals surface area contributed by atoms with Gasteiger partial charge in [0, 0.05) is 23.9 Å². The fraction of sp³-hybridized carbons (Fsp3) is 0. The SMILES string of the molecule is O=[N+]([O-])c1cccc(N=Cc2cccc3ccccc23)c1. The molecule has 0 N–H and O–H groups in total. The van der Waals surface area contributed by atoms with Crippen LogP contribution < -0.4 is 0 Å². The molecule has 0 spiro atoms. The molecule has 0 fully saturated rings. The van der Waals surface area contributed by atoms with Gasteiger partial charge in [-0.2, -0.15) is 0 Å². The summed E-state index contributed by atoms with van der Waals surface area (Å²) < 4.78 is 0. The van der Waals surface area contributed by atoms with E-state index in [0.717, 1.165) is 16.3 Å². The van der Waals surface area contributed by atoms with Gasteiger partial charge in [-0.1, -0.05) is 48.5 Å². The molecule has 0 aromatic heterocycles. The lowest BCUT2D eigenvalue weighted by Gasteiger charge is -2.01. The first-order chi connectivity index (χ1) is 10.2. The zero-order valence-corrected chi connectivity index (χ0v) is 11.1. The highest BCUT2D eigenvalue weighted by atomic mass is 16.6. The average molecular weight is 276 g/mol. The molecule has 4 heteroatoms. The van der Waals surface area contributed by atoms with Gasteiger partial charge in [0.2, 0.25) is 0 Å². The van der Waals surface area contributed by atoms with Crippen molar-refractivity contribution in [2.75, 3.05) is 0 Å². The minimum Gasteiger partial charge on any atom is -0.258 e. The van der Waals surface area contributed by atoms with Crippen molar-refractivity contribution in [2.45, 2.75) is 0 Å². The van der Waals surface area contributed by atoms with Crippen LogP contribution in [0.15, 0.2) is 71.7 Å². The number of aliphatic imine (C=N–C) groups is 1. The molecule has 0 aliphatic carbocycles. The quantitative estimate of drug-likeness (QED) is 0.402. The Morgan fingerprint density at radius 2 is 1.71 bits per heavy atom. The van der Waals surface area contributed by atoms with Crippen molar-refractivity contribution in [3.63, 3.8) is 0 Å². The number of nitrogens with zero attached hydrogens (tertiary/aromatic N) is 2. The molecule has 0 heterocycles. The maximum Gasteiger partial charge on any atom is 0.271 e. The van der Waals surface area contributed by atoms with Crippen LogP contribution in [0.5, 0.6) is 0 Å². The van der Waals surface area contributed by atoms with E-state index in [-0.39, 0.29) is 5.69 Å². The van der Waals surface area contributed by atoms with Crippen LogP contribution >= 0.6 is 0 Å². The lowest BCUT2D eigenvalue weighted by Crippen LogP contribution is -1.87. The minimum atomic E-state index is -0.420. The van der Waals surface area contributed by atoms with Gasteiger partial charge in [0.1, 0.15) is 0 Å². The molecule has 21 heavy (non-hydrogen) atoms. The highest BCUT2D eigenvalue weighted by molar-refractivity contribution is 6.00. The molecule has 102 valence electrons. The highest BCUT2D eigenvalue weighted by Gasteiger charge is 2.04. The Labute approximate surface area is 121 Å².